The van der Waals surface area contributed by atoms with E-state index in [1.54, 1.807) is 12.1 Å². The molecule has 6 nitrogen and oxygen atoms in total. The maximum absolute atomic E-state index is 12.5. The fraction of sp³-hybridized carbons (Fsp3) is 0.0870. The largest absolute Gasteiger partial charge is 0.450 e. The van der Waals surface area contributed by atoms with E-state index in [4.69, 9.17) is 4.42 Å². The van der Waals surface area contributed by atoms with E-state index >= 15 is 0 Å². The molecule has 0 fully saturated rings. The fourth-order valence-electron chi connectivity index (χ4n) is 2.97. The molecule has 1 amide bonds. The number of nitrogens with zero attached hydrogens (tertiary/aromatic N) is 2. The summed E-state index contributed by atoms with van der Waals surface area (Å²) in [6.45, 7) is 3.89. The third kappa shape index (κ3) is 4.29. The van der Waals surface area contributed by atoms with Crippen LogP contribution in [-0.4, -0.2) is 15.9 Å². The van der Waals surface area contributed by atoms with Crippen LogP contribution in [0.15, 0.2) is 74.8 Å². The van der Waals surface area contributed by atoms with Crippen molar-refractivity contribution in [3.05, 3.63) is 77.1 Å². The molecule has 0 atom stereocenters. The van der Waals surface area contributed by atoms with E-state index in [9.17, 15) is 10.1 Å². The highest BCUT2D eigenvalue weighted by molar-refractivity contribution is 7.99. The lowest BCUT2D eigenvalue weighted by molar-refractivity contribution is -0.112. The Morgan fingerprint density at radius 1 is 1.20 bits per heavy atom. The number of benzene rings is 2. The molecule has 7 heteroatoms. The molecular weight excluding hydrogens is 396 g/mol. The summed E-state index contributed by atoms with van der Waals surface area (Å²) in [5, 5.41) is 13.5. The lowest BCUT2D eigenvalue weighted by Gasteiger charge is -2.08. The summed E-state index contributed by atoms with van der Waals surface area (Å²) < 4.78 is 5.75. The van der Waals surface area contributed by atoms with Crippen molar-refractivity contribution in [1.29, 1.82) is 5.26 Å². The molecule has 0 bridgehead atoms. The first-order chi connectivity index (χ1) is 14.5. The van der Waals surface area contributed by atoms with Crippen LogP contribution in [0.25, 0.3) is 17.1 Å². The Kier molecular flexibility index (Phi) is 5.42. The van der Waals surface area contributed by atoms with Gasteiger partial charge in [-0.05, 0) is 61.5 Å². The van der Waals surface area contributed by atoms with Crippen LogP contribution >= 0.6 is 11.8 Å². The molecule has 0 saturated carbocycles. The van der Waals surface area contributed by atoms with Crippen LogP contribution < -0.4 is 5.32 Å². The van der Waals surface area contributed by atoms with Crippen molar-refractivity contribution in [3.8, 4) is 6.07 Å². The first-order valence-corrected chi connectivity index (χ1v) is 10.1. The number of hydrogen-bond donors (Lipinski definition) is 2. The number of hydrogen-bond acceptors (Lipinski definition) is 5. The van der Waals surface area contributed by atoms with Crippen LogP contribution in [-0.2, 0) is 4.79 Å². The minimum absolute atomic E-state index is 0.0374. The number of amides is 1. The number of nitriles is 1. The Morgan fingerprint density at radius 2 is 2.03 bits per heavy atom. The molecular formula is C23H18N4O2S. The molecule has 0 radical (unpaired) electrons. The monoisotopic (exact) mass is 414 g/mol. The van der Waals surface area contributed by atoms with Gasteiger partial charge in [0.15, 0.2) is 10.2 Å². The Hall–Kier alpha value is -3.76. The third-order valence-electron chi connectivity index (χ3n) is 4.45. The molecule has 4 aromatic rings. The van der Waals surface area contributed by atoms with Crippen molar-refractivity contribution in [2.75, 3.05) is 5.32 Å². The number of para-hydroxylation sites is 2. The average molecular weight is 414 g/mol. The minimum atomic E-state index is -0.479. The van der Waals surface area contributed by atoms with Gasteiger partial charge in [0.05, 0.1) is 11.0 Å². The Morgan fingerprint density at radius 3 is 2.80 bits per heavy atom. The number of furan rings is 1. The second-order valence-electron chi connectivity index (χ2n) is 6.76. The molecule has 0 spiro atoms. The number of fused-ring (bicyclic) bond motifs is 1. The van der Waals surface area contributed by atoms with Crippen LogP contribution in [0.4, 0.5) is 5.69 Å². The van der Waals surface area contributed by atoms with Crippen molar-refractivity contribution in [1.82, 2.24) is 9.97 Å². The molecule has 2 N–H and O–H groups in total. The van der Waals surface area contributed by atoms with E-state index in [2.05, 4.69) is 15.3 Å². The smallest absolute Gasteiger partial charge is 0.266 e. The number of rotatable bonds is 5. The Labute approximate surface area is 177 Å². The molecule has 0 unspecified atom stereocenters. The maximum Gasteiger partial charge on any atom is 0.266 e. The van der Waals surface area contributed by atoms with Gasteiger partial charge >= 0.3 is 0 Å². The van der Waals surface area contributed by atoms with Crippen molar-refractivity contribution < 1.29 is 9.21 Å². The zero-order chi connectivity index (χ0) is 21.1. The van der Waals surface area contributed by atoms with Gasteiger partial charge in [0.25, 0.3) is 5.91 Å². The quantitative estimate of drug-likeness (QED) is 0.333. The predicted molar refractivity (Wildman–Crippen MR) is 117 cm³/mol. The van der Waals surface area contributed by atoms with E-state index < -0.39 is 5.91 Å². The van der Waals surface area contributed by atoms with Crippen LogP contribution in [0.1, 0.15) is 16.9 Å². The van der Waals surface area contributed by atoms with Crippen LogP contribution in [0.2, 0.25) is 0 Å². The number of anilines is 1. The summed E-state index contributed by atoms with van der Waals surface area (Å²) >= 11 is 1.34. The van der Waals surface area contributed by atoms with Gasteiger partial charge in [-0.15, -0.1) is 0 Å². The van der Waals surface area contributed by atoms with Gasteiger partial charge < -0.3 is 14.7 Å². The highest BCUT2D eigenvalue weighted by Gasteiger charge is 2.13. The topological polar surface area (TPSA) is 94.7 Å². The third-order valence-corrected chi connectivity index (χ3v) is 5.26. The van der Waals surface area contributed by atoms with Gasteiger partial charge in [0.2, 0.25) is 0 Å². The van der Waals surface area contributed by atoms with Gasteiger partial charge in [-0.1, -0.05) is 29.8 Å². The Bertz CT molecular complexity index is 1280. The second-order valence-corrected chi connectivity index (χ2v) is 7.75. The number of imidazole rings is 1. The van der Waals surface area contributed by atoms with E-state index in [1.807, 2.05) is 62.4 Å². The summed E-state index contributed by atoms with van der Waals surface area (Å²) in [5.41, 5.74) is 4.50. The van der Waals surface area contributed by atoms with Gasteiger partial charge in [-0.2, -0.15) is 5.26 Å². The van der Waals surface area contributed by atoms with Crippen molar-refractivity contribution in [2.24, 2.45) is 0 Å². The van der Waals surface area contributed by atoms with E-state index in [0.717, 1.165) is 22.2 Å². The summed E-state index contributed by atoms with van der Waals surface area (Å²) in [6.07, 6.45) is 1.43. The van der Waals surface area contributed by atoms with Gasteiger partial charge in [0, 0.05) is 11.8 Å². The minimum Gasteiger partial charge on any atom is -0.450 e. The number of aromatic amines is 1. The van der Waals surface area contributed by atoms with Gasteiger partial charge in [-0.3, -0.25) is 4.79 Å². The number of aromatic nitrogens is 2. The highest BCUT2D eigenvalue weighted by atomic mass is 32.2. The highest BCUT2D eigenvalue weighted by Crippen LogP contribution is 2.29. The molecule has 2 aromatic heterocycles. The number of carbonyl (C=O) groups is 1. The van der Waals surface area contributed by atoms with Crippen molar-refractivity contribution >= 4 is 40.5 Å². The number of carbonyl (C=O) groups excluding carboxylic acids is 1. The van der Waals surface area contributed by atoms with E-state index in [-0.39, 0.29) is 5.57 Å². The molecule has 2 heterocycles. The summed E-state index contributed by atoms with van der Waals surface area (Å²) in [4.78, 5) is 20.2. The van der Waals surface area contributed by atoms with E-state index in [0.29, 0.717) is 21.7 Å². The van der Waals surface area contributed by atoms with Crippen LogP contribution in [0.3, 0.4) is 0 Å². The van der Waals surface area contributed by atoms with Crippen LogP contribution in [0, 0.1) is 25.2 Å². The van der Waals surface area contributed by atoms with E-state index in [1.165, 1.54) is 17.8 Å². The SMILES string of the molecule is Cc1ccc(NC(=O)/C(C#N)=C\c2ccc(Sc3nc4ccccc4[nH]3)o2)c(C)c1. The maximum atomic E-state index is 12.5. The lowest BCUT2D eigenvalue weighted by Crippen LogP contribution is -2.14. The summed E-state index contributed by atoms with van der Waals surface area (Å²) in [5.74, 6) is -0.0618. The first kappa shape index (κ1) is 19.6. The normalized spacial score (nSPS) is 11.4. The average Bonchev–Trinajstić information content (AvgIpc) is 3.34. The van der Waals surface area contributed by atoms with Crippen molar-refractivity contribution in [3.63, 3.8) is 0 Å². The molecule has 0 aliphatic heterocycles. The zero-order valence-corrected chi connectivity index (χ0v) is 17.2. The molecule has 0 saturated heterocycles. The standard InChI is InChI=1S/C23H18N4O2S/c1-14-7-9-18(15(2)11-14)25-22(28)16(13-24)12-17-8-10-21(29-17)30-23-26-19-5-3-4-6-20(19)27-23/h3-12H,1-2H3,(H,25,28)(H,26,27)/b16-12-. The predicted octanol–water partition coefficient (Wildman–Crippen LogP) is 5.47. The lowest BCUT2D eigenvalue weighted by atomic mass is 10.1. The molecule has 2 aromatic carbocycles. The molecule has 30 heavy (non-hydrogen) atoms. The number of aryl methyl sites for hydroxylation is 2. The Balaban J connectivity index is 1.49. The fourth-order valence-corrected chi connectivity index (χ4v) is 3.74. The van der Waals surface area contributed by atoms with Crippen LogP contribution in [0.5, 0.6) is 0 Å². The second kappa shape index (κ2) is 8.31. The van der Waals surface area contributed by atoms with Gasteiger partial charge in [-0.25, -0.2) is 4.98 Å². The van der Waals surface area contributed by atoms with Gasteiger partial charge in [0.1, 0.15) is 17.4 Å². The number of nitrogens with one attached hydrogen (secondary N) is 2. The molecule has 0 aliphatic rings. The molecule has 148 valence electrons. The first-order valence-electron chi connectivity index (χ1n) is 9.24. The van der Waals surface area contributed by atoms with Crippen molar-refractivity contribution in [2.45, 2.75) is 24.1 Å². The molecule has 4 rings (SSSR count). The summed E-state index contributed by atoms with van der Waals surface area (Å²) in [7, 11) is 0. The molecule has 0 aliphatic carbocycles. The summed E-state index contributed by atoms with van der Waals surface area (Å²) in [6, 6.07) is 18.9. The zero-order valence-electron chi connectivity index (χ0n) is 16.4. The number of H-pyrrole nitrogens is 1.